The number of aliphatic hydroxyl groups excluding tert-OH is 2. The van der Waals surface area contributed by atoms with Gasteiger partial charge < -0.3 is 20.6 Å². The van der Waals surface area contributed by atoms with E-state index in [1.807, 2.05) is 0 Å². The van der Waals surface area contributed by atoms with Gasteiger partial charge in [0.25, 0.3) is 0 Å². The van der Waals surface area contributed by atoms with Crippen LogP contribution in [0.3, 0.4) is 0 Å². The zero-order valence-corrected chi connectivity index (χ0v) is 20.6. The minimum atomic E-state index is -1.08. The maximum atomic E-state index is 13.5. The standard InChI is InChI=1S/C28H39F2NO3/c1-26(2,3)21-6-4-5-7-22(16-21)28(12-10-27(34,19-32)11-13-28)31-18-25(33)9-8-20-14-23(29)17-24(30)15-20/h4-5,7,14-17,25,31-34H,6,8-13,18-19H2,1-3H3. The summed E-state index contributed by atoms with van der Waals surface area (Å²) in [6, 6.07) is 3.43. The van der Waals surface area contributed by atoms with Crippen LogP contribution in [-0.2, 0) is 6.42 Å². The van der Waals surface area contributed by atoms with E-state index in [1.165, 1.54) is 17.7 Å². The molecule has 0 aromatic heterocycles. The van der Waals surface area contributed by atoms with Gasteiger partial charge in [-0.15, -0.1) is 0 Å². The molecule has 0 radical (unpaired) electrons. The van der Waals surface area contributed by atoms with Crippen molar-refractivity contribution in [1.29, 1.82) is 0 Å². The molecule has 0 bridgehead atoms. The summed E-state index contributed by atoms with van der Waals surface area (Å²) in [5.74, 6) is -1.23. The van der Waals surface area contributed by atoms with Crippen LogP contribution in [-0.4, -0.2) is 45.7 Å². The van der Waals surface area contributed by atoms with Gasteiger partial charge in [-0.2, -0.15) is 0 Å². The van der Waals surface area contributed by atoms with Crippen LogP contribution in [0, 0.1) is 17.0 Å². The third-order valence-corrected chi connectivity index (χ3v) is 7.29. The van der Waals surface area contributed by atoms with Crippen molar-refractivity contribution in [2.45, 2.75) is 83.0 Å². The van der Waals surface area contributed by atoms with Crippen molar-refractivity contribution in [3.05, 3.63) is 70.8 Å². The van der Waals surface area contributed by atoms with Gasteiger partial charge in [0.2, 0.25) is 0 Å². The topological polar surface area (TPSA) is 72.7 Å². The van der Waals surface area contributed by atoms with E-state index in [1.54, 1.807) is 0 Å². The van der Waals surface area contributed by atoms with Crippen molar-refractivity contribution in [3.63, 3.8) is 0 Å². The maximum absolute atomic E-state index is 13.5. The van der Waals surface area contributed by atoms with E-state index in [0.717, 1.165) is 18.1 Å². The van der Waals surface area contributed by atoms with E-state index in [0.29, 0.717) is 50.6 Å². The number of hydrogen-bond acceptors (Lipinski definition) is 4. The fraction of sp³-hybridized carbons (Fsp3) is 0.571. The normalized spacial score (nSPS) is 26.6. The Morgan fingerprint density at radius 3 is 2.29 bits per heavy atom. The van der Waals surface area contributed by atoms with Crippen LogP contribution in [0.15, 0.2) is 53.6 Å². The van der Waals surface area contributed by atoms with Gasteiger partial charge in [-0.1, -0.05) is 50.6 Å². The minimum absolute atomic E-state index is 0.00913. The van der Waals surface area contributed by atoms with E-state index in [2.05, 4.69) is 50.4 Å². The fourth-order valence-electron chi connectivity index (χ4n) is 4.85. The quantitative estimate of drug-likeness (QED) is 0.438. The Morgan fingerprint density at radius 2 is 1.71 bits per heavy atom. The summed E-state index contributed by atoms with van der Waals surface area (Å²) in [7, 11) is 0. The second kappa shape index (κ2) is 10.8. The third kappa shape index (κ3) is 6.85. The molecule has 0 saturated heterocycles. The zero-order chi connectivity index (χ0) is 25.0. The number of aryl methyl sites for hydroxylation is 1. The lowest BCUT2D eigenvalue weighted by Gasteiger charge is -2.45. The van der Waals surface area contributed by atoms with Gasteiger partial charge >= 0.3 is 0 Å². The first-order valence-corrected chi connectivity index (χ1v) is 12.2. The summed E-state index contributed by atoms with van der Waals surface area (Å²) in [6.45, 7) is 6.63. The molecule has 1 unspecified atom stereocenters. The molecule has 1 aromatic carbocycles. The van der Waals surface area contributed by atoms with Crippen LogP contribution >= 0.6 is 0 Å². The molecule has 0 aliphatic heterocycles. The third-order valence-electron chi connectivity index (χ3n) is 7.29. The van der Waals surface area contributed by atoms with Gasteiger partial charge in [0, 0.05) is 18.2 Å². The minimum Gasteiger partial charge on any atom is -0.393 e. The van der Waals surface area contributed by atoms with E-state index in [9.17, 15) is 24.1 Å². The first-order valence-electron chi connectivity index (χ1n) is 12.2. The van der Waals surface area contributed by atoms with E-state index >= 15 is 0 Å². The summed E-state index contributed by atoms with van der Waals surface area (Å²) < 4.78 is 26.9. The van der Waals surface area contributed by atoms with Crippen LogP contribution < -0.4 is 5.32 Å². The first kappa shape index (κ1) is 26.7. The predicted molar refractivity (Wildman–Crippen MR) is 131 cm³/mol. The van der Waals surface area contributed by atoms with Crippen LogP contribution in [0.1, 0.15) is 64.9 Å². The highest BCUT2D eigenvalue weighted by atomic mass is 19.1. The number of β-amino-alcohol motifs (C(OH)–C–C–N with tert-alkyl or cyclic N) is 1. The van der Waals surface area contributed by atoms with E-state index in [-0.39, 0.29) is 12.0 Å². The lowest BCUT2D eigenvalue weighted by Crippen LogP contribution is -2.55. The molecule has 3 rings (SSSR count). The van der Waals surface area contributed by atoms with E-state index < -0.39 is 28.9 Å². The molecule has 1 saturated carbocycles. The zero-order valence-electron chi connectivity index (χ0n) is 20.6. The van der Waals surface area contributed by atoms with E-state index in [4.69, 9.17) is 0 Å². The first-order chi connectivity index (χ1) is 15.9. The molecule has 4 N–H and O–H groups in total. The molecule has 0 heterocycles. The van der Waals surface area contributed by atoms with Gasteiger partial charge in [0.1, 0.15) is 11.6 Å². The lowest BCUT2D eigenvalue weighted by atomic mass is 9.69. The molecule has 2 aliphatic carbocycles. The number of halogens is 2. The highest BCUT2D eigenvalue weighted by Gasteiger charge is 2.43. The van der Waals surface area contributed by atoms with Crippen molar-refractivity contribution in [1.82, 2.24) is 5.32 Å². The summed E-state index contributed by atoms with van der Waals surface area (Å²) in [5.41, 5.74) is 1.43. The Hall–Kier alpha value is -1.86. The largest absolute Gasteiger partial charge is 0.393 e. The number of aliphatic hydroxyl groups is 3. The van der Waals surface area contributed by atoms with Gasteiger partial charge in [0.15, 0.2) is 0 Å². The van der Waals surface area contributed by atoms with Crippen LogP contribution in [0.4, 0.5) is 8.78 Å². The van der Waals surface area contributed by atoms with Crippen LogP contribution in [0.25, 0.3) is 0 Å². The molecule has 4 nitrogen and oxygen atoms in total. The highest BCUT2D eigenvalue weighted by molar-refractivity contribution is 5.41. The molecular weight excluding hydrogens is 436 g/mol. The Morgan fingerprint density at radius 1 is 1.06 bits per heavy atom. The molecule has 0 amide bonds. The molecule has 6 heteroatoms. The Balaban J connectivity index is 1.76. The second-order valence-electron chi connectivity index (χ2n) is 11.0. The van der Waals surface area contributed by atoms with Crippen molar-refractivity contribution in [3.8, 4) is 0 Å². The number of rotatable bonds is 8. The molecular formula is C28H39F2NO3. The molecule has 188 valence electrons. The molecule has 1 fully saturated rings. The second-order valence-corrected chi connectivity index (χ2v) is 11.0. The average molecular weight is 476 g/mol. The fourth-order valence-corrected chi connectivity index (χ4v) is 4.85. The van der Waals surface area contributed by atoms with Crippen LogP contribution in [0.2, 0.25) is 0 Å². The molecule has 34 heavy (non-hydrogen) atoms. The number of benzene rings is 1. The SMILES string of the molecule is CC(C)(C)C1=CC(C2(NCC(O)CCc3cc(F)cc(F)c3)CCC(O)(CO)CC2)=CC=CC1. The highest BCUT2D eigenvalue weighted by Crippen LogP contribution is 2.42. The summed E-state index contributed by atoms with van der Waals surface area (Å²) in [6.07, 6.45) is 11.6. The summed E-state index contributed by atoms with van der Waals surface area (Å²) in [4.78, 5) is 0. The van der Waals surface area contributed by atoms with Gasteiger partial charge in [-0.25, -0.2) is 8.78 Å². The average Bonchev–Trinajstić information content (AvgIpc) is 3.04. The van der Waals surface area contributed by atoms with Gasteiger partial charge in [0.05, 0.1) is 18.3 Å². The molecule has 1 atom stereocenters. The van der Waals surface area contributed by atoms with Crippen molar-refractivity contribution in [2.24, 2.45) is 5.41 Å². The monoisotopic (exact) mass is 475 g/mol. The molecule has 2 aliphatic rings. The van der Waals surface area contributed by atoms with Crippen molar-refractivity contribution >= 4 is 0 Å². The smallest absolute Gasteiger partial charge is 0.126 e. The van der Waals surface area contributed by atoms with Crippen molar-refractivity contribution < 1.29 is 24.1 Å². The molecule has 0 spiro atoms. The predicted octanol–water partition coefficient (Wildman–Crippen LogP) is 4.74. The Bertz CT molecular complexity index is 917. The van der Waals surface area contributed by atoms with Crippen molar-refractivity contribution in [2.75, 3.05) is 13.2 Å². The van der Waals surface area contributed by atoms with Gasteiger partial charge in [-0.05, 0) is 73.6 Å². The Labute approximate surface area is 202 Å². The summed E-state index contributed by atoms with van der Waals surface area (Å²) in [5, 5.41) is 34.6. The number of hydrogen-bond donors (Lipinski definition) is 4. The van der Waals surface area contributed by atoms with Crippen LogP contribution in [0.5, 0.6) is 0 Å². The Kier molecular flexibility index (Phi) is 8.51. The maximum Gasteiger partial charge on any atom is 0.126 e. The summed E-state index contributed by atoms with van der Waals surface area (Å²) >= 11 is 0. The number of allylic oxidation sites excluding steroid dienone is 4. The molecule has 1 aromatic rings. The lowest BCUT2D eigenvalue weighted by molar-refractivity contribution is -0.0562. The van der Waals surface area contributed by atoms with Gasteiger partial charge in [-0.3, -0.25) is 0 Å². The number of nitrogens with one attached hydrogen (secondary N) is 1.